The second-order valence-corrected chi connectivity index (χ2v) is 5.86. The second kappa shape index (κ2) is 7.77. The van der Waals surface area contributed by atoms with Crippen LogP contribution in [0.25, 0.3) is 0 Å². The zero-order valence-corrected chi connectivity index (χ0v) is 13.8. The molecule has 26 heavy (non-hydrogen) atoms. The normalized spacial score (nSPS) is 15.7. The Balaban J connectivity index is 1.71. The number of carbonyl (C=O) groups excluding carboxylic acids is 1. The molecule has 0 spiro atoms. The van der Waals surface area contributed by atoms with E-state index in [1.807, 2.05) is 0 Å². The zero-order chi connectivity index (χ0) is 18.6. The first-order chi connectivity index (χ1) is 12.4. The Morgan fingerprint density at radius 3 is 2.62 bits per heavy atom. The number of rotatable bonds is 4. The molecule has 0 unspecified atom stereocenters. The van der Waals surface area contributed by atoms with Gasteiger partial charge in [0.25, 0.3) is 0 Å². The first-order valence-corrected chi connectivity index (χ1v) is 8.17. The number of ether oxygens (including phenoxy) is 2. The van der Waals surface area contributed by atoms with E-state index in [1.54, 1.807) is 30.3 Å². The summed E-state index contributed by atoms with van der Waals surface area (Å²) >= 11 is 0. The molecule has 1 amide bonds. The molecule has 0 bridgehead atoms. The smallest absolute Gasteiger partial charge is 0.410 e. The number of carbonyl (C=O) groups is 1. The van der Waals surface area contributed by atoms with Crippen LogP contribution < -0.4 is 10.1 Å². The topological polar surface area (TPSA) is 65.4 Å². The molecule has 0 saturated carbocycles. The molecule has 2 heterocycles. The van der Waals surface area contributed by atoms with Crippen LogP contribution in [0.5, 0.6) is 5.75 Å². The van der Waals surface area contributed by atoms with E-state index in [-0.39, 0.29) is 18.3 Å². The number of nitrogens with zero attached hydrogens (tertiary/aromatic N) is 2. The molecule has 2 aromatic rings. The summed E-state index contributed by atoms with van der Waals surface area (Å²) in [5.74, 6) is 0.346. The monoisotopic (exact) mass is 369 g/mol. The van der Waals surface area contributed by atoms with Crippen molar-refractivity contribution in [1.82, 2.24) is 15.1 Å². The van der Waals surface area contributed by atoms with Gasteiger partial charge in [-0.1, -0.05) is 18.2 Å². The highest BCUT2D eigenvalue weighted by Gasteiger charge is 2.36. The van der Waals surface area contributed by atoms with E-state index < -0.39 is 18.0 Å². The SMILES string of the molecule is O=C(NCc1cc(C(F)(F)F)nn1C1CCOCC1)Oc1ccccc1. The molecule has 3 rings (SSSR count). The lowest BCUT2D eigenvalue weighted by molar-refractivity contribution is -0.141. The van der Waals surface area contributed by atoms with Crippen molar-refractivity contribution in [3.05, 3.63) is 47.8 Å². The van der Waals surface area contributed by atoms with Crippen molar-refractivity contribution >= 4 is 6.09 Å². The average molecular weight is 369 g/mol. The maximum Gasteiger partial charge on any atom is 0.435 e. The summed E-state index contributed by atoms with van der Waals surface area (Å²) in [5.41, 5.74) is -0.702. The van der Waals surface area contributed by atoms with Gasteiger partial charge in [0.1, 0.15) is 5.75 Å². The van der Waals surface area contributed by atoms with Crippen LogP contribution in [0.3, 0.4) is 0 Å². The van der Waals surface area contributed by atoms with Crippen molar-refractivity contribution in [2.75, 3.05) is 13.2 Å². The fourth-order valence-corrected chi connectivity index (χ4v) is 2.74. The molecule has 9 heteroatoms. The highest BCUT2D eigenvalue weighted by molar-refractivity contribution is 5.70. The van der Waals surface area contributed by atoms with Crippen LogP contribution in [0.4, 0.5) is 18.0 Å². The van der Waals surface area contributed by atoms with Crippen molar-refractivity contribution in [3.63, 3.8) is 0 Å². The number of aromatic nitrogens is 2. The summed E-state index contributed by atoms with van der Waals surface area (Å²) in [6.45, 7) is 0.815. The van der Waals surface area contributed by atoms with Crippen LogP contribution in [0, 0.1) is 0 Å². The highest BCUT2D eigenvalue weighted by Crippen LogP contribution is 2.31. The maximum absolute atomic E-state index is 13.0. The predicted octanol–water partition coefficient (Wildman–Crippen LogP) is 3.54. The summed E-state index contributed by atoms with van der Waals surface area (Å²) in [6.07, 6.45) is -4.15. The molecule has 1 fully saturated rings. The van der Waals surface area contributed by atoms with E-state index in [1.165, 1.54) is 4.68 Å². The standard InChI is InChI=1S/C17H18F3N3O3/c18-17(19,20)15-10-13(23(22-15)12-6-8-25-9-7-12)11-21-16(24)26-14-4-2-1-3-5-14/h1-5,10,12H,6-9,11H2,(H,21,24). The number of halogens is 3. The lowest BCUT2D eigenvalue weighted by Gasteiger charge is -2.24. The lowest BCUT2D eigenvalue weighted by Crippen LogP contribution is -2.29. The number of hydrogen-bond acceptors (Lipinski definition) is 4. The van der Waals surface area contributed by atoms with Crippen molar-refractivity contribution in [2.45, 2.75) is 31.6 Å². The van der Waals surface area contributed by atoms with Crippen molar-refractivity contribution in [2.24, 2.45) is 0 Å². The summed E-state index contributed by atoms with van der Waals surface area (Å²) < 4.78 is 50.7. The Labute approximate surface area is 147 Å². The first-order valence-electron chi connectivity index (χ1n) is 8.17. The number of amides is 1. The molecule has 1 aromatic carbocycles. The van der Waals surface area contributed by atoms with Crippen LogP contribution >= 0.6 is 0 Å². The minimum atomic E-state index is -4.55. The van der Waals surface area contributed by atoms with Gasteiger partial charge in [-0.25, -0.2) is 4.79 Å². The minimum absolute atomic E-state index is 0.119. The number of alkyl halides is 3. The van der Waals surface area contributed by atoms with Gasteiger partial charge in [-0.2, -0.15) is 18.3 Å². The molecule has 6 nitrogen and oxygen atoms in total. The molecule has 1 saturated heterocycles. The molecule has 0 atom stereocenters. The van der Waals surface area contributed by atoms with Gasteiger partial charge >= 0.3 is 12.3 Å². The van der Waals surface area contributed by atoms with Gasteiger partial charge < -0.3 is 14.8 Å². The lowest BCUT2D eigenvalue weighted by atomic mass is 10.1. The fraction of sp³-hybridized carbons (Fsp3) is 0.412. The quantitative estimate of drug-likeness (QED) is 0.895. The summed E-state index contributed by atoms with van der Waals surface area (Å²) in [7, 11) is 0. The van der Waals surface area contributed by atoms with Crippen molar-refractivity contribution < 1.29 is 27.4 Å². The van der Waals surface area contributed by atoms with E-state index in [9.17, 15) is 18.0 Å². The summed E-state index contributed by atoms with van der Waals surface area (Å²) in [4.78, 5) is 11.9. The molecule has 0 radical (unpaired) electrons. The van der Waals surface area contributed by atoms with E-state index in [2.05, 4.69) is 10.4 Å². The van der Waals surface area contributed by atoms with Gasteiger partial charge in [-0.15, -0.1) is 0 Å². The maximum atomic E-state index is 13.0. The second-order valence-electron chi connectivity index (χ2n) is 5.86. The molecule has 1 aromatic heterocycles. The number of benzene rings is 1. The predicted molar refractivity (Wildman–Crippen MR) is 85.6 cm³/mol. The van der Waals surface area contributed by atoms with Gasteiger partial charge in [0.05, 0.1) is 18.3 Å². The van der Waals surface area contributed by atoms with E-state index >= 15 is 0 Å². The van der Waals surface area contributed by atoms with Gasteiger partial charge in [0.15, 0.2) is 5.69 Å². The molecule has 1 aliphatic rings. The number of nitrogens with one attached hydrogen (secondary N) is 1. The van der Waals surface area contributed by atoms with Gasteiger partial charge in [-0.05, 0) is 31.0 Å². The van der Waals surface area contributed by atoms with Crippen molar-refractivity contribution in [1.29, 1.82) is 0 Å². The first kappa shape index (κ1) is 18.2. The van der Waals surface area contributed by atoms with Crippen LogP contribution in [-0.2, 0) is 17.5 Å². The summed E-state index contributed by atoms with van der Waals surface area (Å²) in [5, 5.41) is 6.18. The van der Waals surface area contributed by atoms with Crippen molar-refractivity contribution in [3.8, 4) is 5.75 Å². The summed E-state index contributed by atoms with van der Waals surface area (Å²) in [6, 6.07) is 9.16. The third-order valence-corrected chi connectivity index (χ3v) is 4.01. The Hall–Kier alpha value is -2.55. The Morgan fingerprint density at radius 2 is 1.96 bits per heavy atom. The van der Waals surface area contributed by atoms with Crippen LogP contribution in [-0.4, -0.2) is 29.1 Å². The molecule has 1 N–H and O–H groups in total. The molecule has 0 aliphatic carbocycles. The van der Waals surface area contributed by atoms with Gasteiger partial charge in [0, 0.05) is 13.2 Å². The average Bonchev–Trinajstić information content (AvgIpc) is 3.06. The third-order valence-electron chi connectivity index (χ3n) is 4.01. The van der Waals surface area contributed by atoms with Gasteiger partial charge in [0.2, 0.25) is 0 Å². The third kappa shape index (κ3) is 4.54. The largest absolute Gasteiger partial charge is 0.435 e. The Morgan fingerprint density at radius 1 is 1.27 bits per heavy atom. The molecule has 140 valence electrons. The Bertz CT molecular complexity index is 741. The zero-order valence-electron chi connectivity index (χ0n) is 13.8. The number of hydrogen-bond donors (Lipinski definition) is 1. The van der Waals surface area contributed by atoms with E-state index in [4.69, 9.17) is 9.47 Å². The molecular weight excluding hydrogens is 351 g/mol. The van der Waals surface area contributed by atoms with Crippen LogP contribution in [0.2, 0.25) is 0 Å². The van der Waals surface area contributed by atoms with Gasteiger partial charge in [-0.3, -0.25) is 4.68 Å². The van der Waals surface area contributed by atoms with E-state index in [0.717, 1.165) is 6.07 Å². The molecular formula is C17H18F3N3O3. The highest BCUT2D eigenvalue weighted by atomic mass is 19.4. The number of para-hydroxylation sites is 1. The minimum Gasteiger partial charge on any atom is -0.410 e. The van der Waals surface area contributed by atoms with Crippen LogP contribution in [0.15, 0.2) is 36.4 Å². The van der Waals surface area contributed by atoms with Crippen LogP contribution in [0.1, 0.15) is 30.3 Å². The fourth-order valence-electron chi connectivity index (χ4n) is 2.74. The van der Waals surface area contributed by atoms with E-state index in [0.29, 0.717) is 31.8 Å². The molecule has 1 aliphatic heterocycles. The Kier molecular flexibility index (Phi) is 5.46.